The third-order valence-electron chi connectivity index (χ3n) is 3.27. The molecule has 0 aliphatic heterocycles. The first-order valence-corrected chi connectivity index (χ1v) is 6.84. The van der Waals surface area contributed by atoms with Crippen molar-refractivity contribution in [2.75, 3.05) is 0 Å². The molecule has 20 heavy (non-hydrogen) atoms. The summed E-state index contributed by atoms with van der Waals surface area (Å²) in [6, 6.07) is 4.50. The van der Waals surface area contributed by atoms with Gasteiger partial charge in [0.15, 0.2) is 5.82 Å². The molecule has 2 unspecified atom stereocenters. The van der Waals surface area contributed by atoms with Crippen LogP contribution in [-0.4, -0.2) is 21.4 Å². The third-order valence-corrected chi connectivity index (χ3v) is 3.62. The molecule has 108 valence electrons. The Morgan fingerprint density at radius 3 is 2.85 bits per heavy atom. The van der Waals surface area contributed by atoms with Crippen LogP contribution in [0.2, 0.25) is 5.02 Å². The van der Waals surface area contributed by atoms with Gasteiger partial charge in [0.25, 0.3) is 0 Å². The highest BCUT2D eigenvalue weighted by atomic mass is 35.5. The second kappa shape index (κ2) is 6.33. The first-order chi connectivity index (χ1) is 9.52. The minimum atomic E-state index is -0.541. The van der Waals surface area contributed by atoms with E-state index in [1.165, 1.54) is 6.07 Å². The van der Waals surface area contributed by atoms with Gasteiger partial charge in [-0.05, 0) is 18.6 Å². The highest BCUT2D eigenvalue weighted by Gasteiger charge is 2.21. The molecule has 4 nitrogen and oxygen atoms in total. The van der Waals surface area contributed by atoms with Crippen LogP contribution < -0.4 is 0 Å². The number of aromatic nitrogens is 2. The minimum Gasteiger partial charge on any atom is -0.392 e. The van der Waals surface area contributed by atoms with E-state index in [2.05, 4.69) is 10.1 Å². The van der Waals surface area contributed by atoms with Crippen molar-refractivity contribution >= 4 is 11.6 Å². The molecule has 0 aliphatic carbocycles. The summed E-state index contributed by atoms with van der Waals surface area (Å²) in [6.45, 7) is 3.68. The van der Waals surface area contributed by atoms with E-state index in [1.54, 1.807) is 12.1 Å². The molecule has 0 spiro atoms. The predicted octanol–water partition coefficient (Wildman–Crippen LogP) is 3.33. The molecule has 2 rings (SSSR count). The van der Waals surface area contributed by atoms with E-state index >= 15 is 0 Å². The van der Waals surface area contributed by atoms with Crippen LogP contribution in [-0.2, 0) is 6.42 Å². The molecule has 0 aliphatic rings. The summed E-state index contributed by atoms with van der Waals surface area (Å²) in [5.74, 6) is 0.0480. The molecule has 0 fully saturated rings. The van der Waals surface area contributed by atoms with Crippen LogP contribution >= 0.6 is 11.6 Å². The molecular formula is C14H16ClFN2O2. The molecule has 1 heterocycles. The van der Waals surface area contributed by atoms with E-state index in [4.69, 9.17) is 16.1 Å². The zero-order valence-electron chi connectivity index (χ0n) is 11.3. The van der Waals surface area contributed by atoms with Gasteiger partial charge in [-0.25, -0.2) is 4.39 Å². The summed E-state index contributed by atoms with van der Waals surface area (Å²) in [6.07, 6.45) is 0.211. The second-order valence-corrected chi connectivity index (χ2v) is 5.10. The summed E-state index contributed by atoms with van der Waals surface area (Å²) in [7, 11) is 0. The Labute approximate surface area is 121 Å². The predicted molar refractivity (Wildman–Crippen MR) is 73.2 cm³/mol. The monoisotopic (exact) mass is 298 g/mol. The van der Waals surface area contributed by atoms with Crippen molar-refractivity contribution in [2.45, 2.75) is 38.7 Å². The van der Waals surface area contributed by atoms with E-state index in [-0.39, 0.29) is 12.3 Å². The van der Waals surface area contributed by atoms with Gasteiger partial charge in [0, 0.05) is 17.0 Å². The van der Waals surface area contributed by atoms with Gasteiger partial charge in [-0.2, -0.15) is 4.98 Å². The molecule has 2 aromatic rings. The number of benzene rings is 1. The molecule has 0 saturated carbocycles. The van der Waals surface area contributed by atoms with Crippen LogP contribution in [0.3, 0.4) is 0 Å². The molecule has 2 atom stereocenters. The number of aliphatic hydroxyl groups excluding tert-OH is 1. The van der Waals surface area contributed by atoms with Crippen molar-refractivity contribution in [1.29, 1.82) is 0 Å². The number of nitrogens with zero attached hydrogens (tertiary/aromatic N) is 2. The molecule has 1 N–H and O–H groups in total. The fourth-order valence-corrected chi connectivity index (χ4v) is 2.13. The lowest BCUT2D eigenvalue weighted by Crippen LogP contribution is -2.14. The maximum absolute atomic E-state index is 13.7. The highest BCUT2D eigenvalue weighted by Crippen LogP contribution is 2.23. The average molecular weight is 299 g/mol. The standard InChI is InChI=1S/C14H16ClFN2O2/c1-3-12(19)8(2)14-17-13(18-20-14)7-9-10(15)5-4-6-11(9)16/h4-6,8,12,19H,3,7H2,1-2H3. The van der Waals surface area contributed by atoms with Gasteiger partial charge in [0.2, 0.25) is 5.89 Å². The normalized spacial score (nSPS) is 14.2. The van der Waals surface area contributed by atoms with Crippen LogP contribution in [0, 0.1) is 5.82 Å². The number of hydrogen-bond donors (Lipinski definition) is 1. The number of rotatable bonds is 5. The topological polar surface area (TPSA) is 59.2 Å². The van der Waals surface area contributed by atoms with Crippen molar-refractivity contribution in [3.05, 3.63) is 46.3 Å². The summed E-state index contributed by atoms with van der Waals surface area (Å²) >= 11 is 5.96. The van der Waals surface area contributed by atoms with Crippen LogP contribution in [0.1, 0.15) is 43.5 Å². The van der Waals surface area contributed by atoms with Crippen molar-refractivity contribution < 1.29 is 14.0 Å². The molecule has 0 bridgehead atoms. The van der Waals surface area contributed by atoms with E-state index in [1.807, 2.05) is 13.8 Å². The van der Waals surface area contributed by atoms with E-state index in [9.17, 15) is 9.50 Å². The zero-order chi connectivity index (χ0) is 14.7. The molecule has 0 amide bonds. The van der Waals surface area contributed by atoms with Crippen molar-refractivity contribution in [3.63, 3.8) is 0 Å². The Balaban J connectivity index is 2.18. The summed E-state index contributed by atoms with van der Waals surface area (Å²) < 4.78 is 18.8. The van der Waals surface area contributed by atoms with Crippen LogP contribution in [0.15, 0.2) is 22.7 Å². The van der Waals surface area contributed by atoms with Crippen molar-refractivity contribution in [1.82, 2.24) is 10.1 Å². The SMILES string of the molecule is CCC(O)C(C)c1nc(Cc2c(F)cccc2Cl)no1. The van der Waals surface area contributed by atoms with Gasteiger partial charge < -0.3 is 9.63 Å². The average Bonchev–Trinajstić information content (AvgIpc) is 2.90. The van der Waals surface area contributed by atoms with E-state index < -0.39 is 11.9 Å². The molecule has 0 radical (unpaired) electrons. The Morgan fingerprint density at radius 1 is 1.45 bits per heavy atom. The Bertz CT molecular complexity index is 568. The Morgan fingerprint density at radius 2 is 2.20 bits per heavy atom. The largest absolute Gasteiger partial charge is 0.392 e. The minimum absolute atomic E-state index is 0.157. The summed E-state index contributed by atoms with van der Waals surface area (Å²) in [5, 5.41) is 13.9. The van der Waals surface area contributed by atoms with Crippen molar-refractivity contribution in [3.8, 4) is 0 Å². The molecule has 0 saturated heterocycles. The summed E-state index contributed by atoms with van der Waals surface area (Å²) in [4.78, 5) is 4.19. The lowest BCUT2D eigenvalue weighted by Gasteiger charge is -2.11. The number of hydrogen-bond acceptors (Lipinski definition) is 4. The van der Waals surface area contributed by atoms with Gasteiger partial charge in [0.1, 0.15) is 5.82 Å². The molecular weight excluding hydrogens is 283 g/mol. The number of halogens is 2. The lowest BCUT2D eigenvalue weighted by atomic mass is 10.0. The first-order valence-electron chi connectivity index (χ1n) is 6.46. The fourth-order valence-electron chi connectivity index (χ4n) is 1.90. The number of aliphatic hydroxyl groups is 1. The fraction of sp³-hybridized carbons (Fsp3) is 0.429. The highest BCUT2D eigenvalue weighted by molar-refractivity contribution is 6.31. The smallest absolute Gasteiger partial charge is 0.232 e. The lowest BCUT2D eigenvalue weighted by molar-refractivity contribution is 0.129. The van der Waals surface area contributed by atoms with Gasteiger partial charge in [-0.15, -0.1) is 0 Å². The third kappa shape index (κ3) is 3.16. The Kier molecular flexibility index (Phi) is 4.73. The maximum Gasteiger partial charge on any atom is 0.232 e. The molecule has 1 aromatic carbocycles. The molecule has 1 aromatic heterocycles. The quantitative estimate of drug-likeness (QED) is 0.920. The Hall–Kier alpha value is -1.46. The van der Waals surface area contributed by atoms with Gasteiger partial charge in [-0.3, -0.25) is 0 Å². The van der Waals surface area contributed by atoms with Gasteiger partial charge in [-0.1, -0.05) is 36.7 Å². The van der Waals surface area contributed by atoms with E-state index in [0.717, 1.165) is 0 Å². The second-order valence-electron chi connectivity index (χ2n) is 4.69. The van der Waals surface area contributed by atoms with Crippen LogP contribution in [0.5, 0.6) is 0 Å². The van der Waals surface area contributed by atoms with Crippen LogP contribution in [0.4, 0.5) is 4.39 Å². The van der Waals surface area contributed by atoms with Crippen LogP contribution in [0.25, 0.3) is 0 Å². The van der Waals surface area contributed by atoms with E-state index in [0.29, 0.717) is 28.7 Å². The maximum atomic E-state index is 13.7. The van der Waals surface area contributed by atoms with Crippen molar-refractivity contribution in [2.24, 2.45) is 0 Å². The first kappa shape index (κ1) is 14.9. The molecule has 6 heteroatoms. The van der Waals surface area contributed by atoms with Gasteiger partial charge in [0.05, 0.1) is 12.0 Å². The summed E-state index contributed by atoms with van der Waals surface area (Å²) in [5.41, 5.74) is 0.338. The van der Waals surface area contributed by atoms with Gasteiger partial charge >= 0.3 is 0 Å². The zero-order valence-corrected chi connectivity index (χ0v) is 12.1.